The van der Waals surface area contributed by atoms with Gasteiger partial charge in [-0.05, 0) is 105 Å². The topological polar surface area (TPSA) is 77.8 Å². The molecule has 4 nitrogen and oxygen atoms in total. The quantitative estimate of drug-likeness (QED) is 0.385. The largest absolute Gasteiger partial charge is 0.481 e. The molecule has 0 unspecified atom stereocenters. The van der Waals surface area contributed by atoms with Crippen molar-refractivity contribution in [3.8, 4) is 0 Å². The van der Waals surface area contributed by atoms with Crippen LogP contribution in [-0.4, -0.2) is 33.5 Å². The molecule has 0 aliphatic heterocycles. The highest BCUT2D eigenvalue weighted by atomic mass is 16.4. The van der Waals surface area contributed by atoms with Crippen LogP contribution in [0.5, 0.6) is 0 Å². The third kappa shape index (κ3) is 3.57. The minimum Gasteiger partial charge on any atom is -0.481 e. The fraction of sp³-hybridized carbons (Fsp3) is 0.833. The molecule has 4 aliphatic carbocycles. The van der Waals surface area contributed by atoms with Crippen LogP contribution < -0.4 is 0 Å². The Bertz CT molecular complexity index is 886. The second-order valence-corrected chi connectivity index (χ2v) is 13.6. The molecule has 0 aromatic rings. The van der Waals surface area contributed by atoms with Crippen LogP contribution in [0.4, 0.5) is 0 Å². The van der Waals surface area contributed by atoms with Gasteiger partial charge in [0.1, 0.15) is 0 Å². The molecule has 0 radical (unpaired) electrons. The first-order valence-corrected chi connectivity index (χ1v) is 13.7. The summed E-state index contributed by atoms with van der Waals surface area (Å²) < 4.78 is 0. The number of carboxylic acids is 1. The lowest BCUT2D eigenvalue weighted by Gasteiger charge is -2.62. The van der Waals surface area contributed by atoms with Crippen LogP contribution in [0.15, 0.2) is 23.3 Å². The van der Waals surface area contributed by atoms with Crippen LogP contribution in [0.3, 0.4) is 0 Å². The zero-order valence-corrected chi connectivity index (χ0v) is 22.4. The molecule has 4 aliphatic rings. The summed E-state index contributed by atoms with van der Waals surface area (Å²) in [7, 11) is 0. The molecule has 192 valence electrons. The van der Waals surface area contributed by atoms with E-state index in [-0.39, 0.29) is 33.7 Å². The van der Waals surface area contributed by atoms with E-state index < -0.39 is 18.0 Å². The molecular weight excluding hydrogens is 424 g/mol. The van der Waals surface area contributed by atoms with Gasteiger partial charge in [-0.15, -0.1) is 0 Å². The Hall–Kier alpha value is -1.13. The van der Waals surface area contributed by atoms with Crippen LogP contribution in [0.1, 0.15) is 106 Å². The van der Waals surface area contributed by atoms with Crippen LogP contribution in [-0.2, 0) is 4.79 Å². The van der Waals surface area contributed by atoms with E-state index in [4.69, 9.17) is 0 Å². The number of aliphatic hydroxyl groups excluding tert-OH is 2. The average Bonchev–Trinajstić information content (AvgIpc) is 3.02. The minimum absolute atomic E-state index is 0.0318. The molecule has 0 heterocycles. The van der Waals surface area contributed by atoms with Gasteiger partial charge in [0.05, 0.1) is 18.1 Å². The first-order valence-electron chi connectivity index (χ1n) is 13.7. The van der Waals surface area contributed by atoms with Crippen LogP contribution in [0, 0.1) is 39.4 Å². The van der Waals surface area contributed by atoms with Crippen molar-refractivity contribution in [2.45, 2.75) is 118 Å². The number of hydrogen-bond acceptors (Lipinski definition) is 3. The van der Waals surface area contributed by atoms with Crippen molar-refractivity contribution in [2.75, 3.05) is 0 Å². The predicted octanol–water partition coefficient (Wildman–Crippen LogP) is 6.51. The van der Waals surface area contributed by atoms with Crippen LogP contribution >= 0.6 is 0 Å². The molecule has 8 atom stereocenters. The fourth-order valence-electron chi connectivity index (χ4n) is 9.44. The summed E-state index contributed by atoms with van der Waals surface area (Å²) in [6.07, 6.45) is 8.43. The Morgan fingerprint density at radius 2 is 1.68 bits per heavy atom. The molecule has 4 rings (SSSR count). The monoisotopic (exact) mass is 472 g/mol. The summed E-state index contributed by atoms with van der Waals surface area (Å²) in [5.74, 6) is -0.485. The van der Waals surface area contributed by atoms with Gasteiger partial charge in [0.2, 0.25) is 0 Å². The summed E-state index contributed by atoms with van der Waals surface area (Å²) in [6, 6.07) is 0. The number of carboxylic acid groups (broad SMARTS) is 1. The number of aliphatic hydroxyl groups is 2. The highest BCUT2D eigenvalue weighted by Crippen LogP contribution is 2.72. The fourth-order valence-corrected chi connectivity index (χ4v) is 9.44. The number of hydrogen-bond donors (Lipinski definition) is 3. The van der Waals surface area contributed by atoms with E-state index in [0.29, 0.717) is 24.3 Å². The van der Waals surface area contributed by atoms with Crippen molar-refractivity contribution in [3.05, 3.63) is 23.3 Å². The highest BCUT2D eigenvalue weighted by molar-refractivity contribution is 5.70. The van der Waals surface area contributed by atoms with Crippen LogP contribution in [0.2, 0.25) is 0 Å². The normalized spacial score (nSPS) is 42.9. The van der Waals surface area contributed by atoms with E-state index in [1.165, 1.54) is 0 Å². The Morgan fingerprint density at radius 3 is 2.29 bits per heavy atom. The second-order valence-electron chi connectivity index (χ2n) is 13.6. The number of carbonyl (C=O) groups is 1. The van der Waals surface area contributed by atoms with Gasteiger partial charge in [0.15, 0.2) is 0 Å². The van der Waals surface area contributed by atoms with E-state index in [1.54, 1.807) is 11.1 Å². The Balaban J connectivity index is 1.67. The Morgan fingerprint density at radius 1 is 1.00 bits per heavy atom. The Kier molecular flexibility index (Phi) is 6.47. The summed E-state index contributed by atoms with van der Waals surface area (Å²) in [5, 5.41) is 31.3. The van der Waals surface area contributed by atoms with E-state index in [2.05, 4.69) is 41.2 Å². The van der Waals surface area contributed by atoms with E-state index in [1.807, 2.05) is 6.92 Å². The molecule has 0 spiro atoms. The number of allylic oxidation sites excluding steroid dienone is 2. The van der Waals surface area contributed by atoms with Crippen LogP contribution in [0.25, 0.3) is 0 Å². The summed E-state index contributed by atoms with van der Waals surface area (Å²) in [4.78, 5) is 12.5. The zero-order valence-electron chi connectivity index (χ0n) is 22.4. The Labute approximate surface area is 206 Å². The summed E-state index contributed by atoms with van der Waals surface area (Å²) in [6.45, 7) is 17.5. The zero-order chi connectivity index (χ0) is 25.3. The molecule has 34 heavy (non-hydrogen) atoms. The van der Waals surface area contributed by atoms with Crippen molar-refractivity contribution in [2.24, 2.45) is 39.4 Å². The minimum atomic E-state index is -0.706. The molecule has 0 aromatic carbocycles. The molecule has 4 heteroatoms. The third-order valence-corrected chi connectivity index (χ3v) is 11.9. The molecule has 2 saturated carbocycles. The lowest BCUT2D eigenvalue weighted by Crippen LogP contribution is -2.55. The molecule has 3 N–H and O–H groups in total. The maximum Gasteiger partial charge on any atom is 0.306 e. The van der Waals surface area contributed by atoms with Gasteiger partial charge in [0, 0.05) is 0 Å². The lowest BCUT2D eigenvalue weighted by molar-refractivity contribution is -0.147. The van der Waals surface area contributed by atoms with Crippen molar-refractivity contribution in [1.82, 2.24) is 0 Å². The second kappa shape index (κ2) is 8.47. The van der Waals surface area contributed by atoms with Gasteiger partial charge < -0.3 is 15.3 Å². The maximum absolute atomic E-state index is 12.5. The molecule has 0 aromatic heterocycles. The van der Waals surface area contributed by atoms with Crippen molar-refractivity contribution < 1.29 is 20.1 Å². The molecule has 0 bridgehead atoms. The van der Waals surface area contributed by atoms with Crippen molar-refractivity contribution in [1.29, 1.82) is 0 Å². The first-order chi connectivity index (χ1) is 15.7. The van der Waals surface area contributed by atoms with E-state index in [0.717, 1.165) is 51.4 Å². The lowest BCUT2D eigenvalue weighted by atomic mass is 9.43. The third-order valence-electron chi connectivity index (χ3n) is 11.9. The predicted molar refractivity (Wildman–Crippen MR) is 136 cm³/mol. The first kappa shape index (κ1) is 25.9. The van der Waals surface area contributed by atoms with Gasteiger partial charge >= 0.3 is 5.97 Å². The maximum atomic E-state index is 12.5. The van der Waals surface area contributed by atoms with Gasteiger partial charge in [-0.1, -0.05) is 57.9 Å². The molecule has 2 fully saturated rings. The number of aliphatic carboxylic acids is 1. The van der Waals surface area contributed by atoms with E-state index in [9.17, 15) is 20.1 Å². The smallest absolute Gasteiger partial charge is 0.306 e. The van der Waals surface area contributed by atoms with Crippen molar-refractivity contribution >= 4 is 5.97 Å². The average molecular weight is 473 g/mol. The standard InChI is InChI=1S/C30H48O4/c1-18(2)23(31)10-8-19(26(33)34)20-12-16-30(7)22-9-11-24-27(3,4)25(32)14-15-28(24,5)21(22)13-17-29(20,30)6/h19-20,23-25,31-32H,1,8-17H2,2-7H3,(H,33,34)/t19-,20-,23+,24+,25+,28-,29-,30+/m1/s1. The summed E-state index contributed by atoms with van der Waals surface area (Å²) in [5.41, 5.74) is 4.11. The number of rotatable bonds is 6. The van der Waals surface area contributed by atoms with Gasteiger partial charge in [0.25, 0.3) is 0 Å². The van der Waals surface area contributed by atoms with Crippen molar-refractivity contribution in [3.63, 3.8) is 0 Å². The molecule has 0 saturated heterocycles. The summed E-state index contributed by atoms with van der Waals surface area (Å²) >= 11 is 0. The molecular formula is C30H48O4. The number of fused-ring (bicyclic) bond motifs is 4. The van der Waals surface area contributed by atoms with Gasteiger partial charge in [-0.3, -0.25) is 4.79 Å². The van der Waals surface area contributed by atoms with Gasteiger partial charge in [-0.2, -0.15) is 0 Å². The van der Waals surface area contributed by atoms with Gasteiger partial charge in [-0.25, -0.2) is 0 Å². The molecule has 0 amide bonds. The van der Waals surface area contributed by atoms with E-state index >= 15 is 0 Å². The SMILES string of the molecule is C=C(C)[C@@H](O)CC[C@@H](C(=O)O)[C@H]1CC[C@@]2(C)C3=C(CC[C@]12C)[C@@]1(C)CC[C@H](O)C(C)(C)[C@@H]1CC3. The highest BCUT2D eigenvalue weighted by Gasteiger charge is 2.64.